The molecule has 11 heteroatoms. The van der Waals surface area contributed by atoms with E-state index in [1.807, 2.05) is 0 Å². The molecule has 7 nitrogen and oxygen atoms in total. The number of carboxylic acid groups (broad SMARTS) is 1. The van der Waals surface area contributed by atoms with Crippen LogP contribution in [0, 0.1) is 17.7 Å². The van der Waals surface area contributed by atoms with E-state index in [0.717, 1.165) is 43.1 Å². The Morgan fingerprint density at radius 2 is 1.85 bits per heavy atom. The van der Waals surface area contributed by atoms with Gasteiger partial charge in [0.25, 0.3) is 0 Å². The molecule has 2 heterocycles. The first-order chi connectivity index (χ1) is 19.2. The summed E-state index contributed by atoms with van der Waals surface area (Å²) in [5, 5.41) is 27.0. The van der Waals surface area contributed by atoms with Crippen molar-refractivity contribution in [2.75, 3.05) is 0 Å². The van der Waals surface area contributed by atoms with Gasteiger partial charge in [-0.25, -0.2) is 14.2 Å². The molecule has 0 radical (unpaired) electrons. The maximum atomic E-state index is 14.7. The summed E-state index contributed by atoms with van der Waals surface area (Å²) >= 11 is 14.2. The molecule has 7 rings (SSSR count). The number of ether oxygens (including phenoxy) is 1. The summed E-state index contributed by atoms with van der Waals surface area (Å²) < 4.78 is 27.3. The third-order valence-electron chi connectivity index (χ3n) is 8.67. The molecule has 4 aromatic rings. The van der Waals surface area contributed by atoms with Crippen molar-refractivity contribution >= 4 is 50.7 Å². The minimum Gasteiger partial charge on any atom is -0.478 e. The molecule has 2 bridgehead atoms. The molecular formula is C29H25Cl2FN2O5S. The highest BCUT2D eigenvalue weighted by Crippen LogP contribution is 2.57. The predicted octanol–water partition coefficient (Wildman–Crippen LogP) is 7.57. The van der Waals surface area contributed by atoms with E-state index in [1.54, 1.807) is 18.2 Å². The molecular weight excluding hydrogens is 578 g/mol. The van der Waals surface area contributed by atoms with Crippen LogP contribution >= 0.6 is 34.5 Å². The zero-order chi connectivity index (χ0) is 27.8. The molecule has 40 heavy (non-hydrogen) atoms. The second kappa shape index (κ2) is 9.77. The second-order valence-electron chi connectivity index (χ2n) is 11.1. The lowest BCUT2D eigenvalue weighted by Crippen LogP contribution is -2.44. The number of aromatic carboxylic acids is 1. The standard InChI is InChI=1S/C29H25Cl2FN2O5S/c30-19-2-1-3-20(31)23(19)24-18(26(39-34-24)13-4-5-13)12-38-17-10-15-6-7-16(11-17)29(15,37)28-33-25-21(32)8-14(27(35)36)9-22(25)40-28/h1-3,8-9,13,15-17,37H,4-7,10-12H2,(H,35,36)/t15-,16+,17?,29?. The average molecular weight is 603 g/mol. The van der Waals surface area contributed by atoms with Gasteiger partial charge >= 0.3 is 5.97 Å². The Bertz CT molecular complexity index is 1620. The minimum atomic E-state index is -1.20. The van der Waals surface area contributed by atoms with E-state index in [0.29, 0.717) is 56.4 Å². The van der Waals surface area contributed by atoms with Gasteiger partial charge in [0.15, 0.2) is 5.82 Å². The summed E-state index contributed by atoms with van der Waals surface area (Å²) in [6.07, 6.45) is 4.83. The maximum absolute atomic E-state index is 14.7. The van der Waals surface area contributed by atoms with Crippen molar-refractivity contribution in [1.29, 1.82) is 0 Å². The number of benzene rings is 2. The van der Waals surface area contributed by atoms with Crippen LogP contribution in [0.4, 0.5) is 4.39 Å². The lowest BCUT2D eigenvalue weighted by atomic mass is 9.73. The van der Waals surface area contributed by atoms with Crippen LogP contribution in [0.25, 0.3) is 21.5 Å². The number of hydrogen-bond donors (Lipinski definition) is 2. The first-order valence-corrected chi connectivity index (χ1v) is 14.9. The maximum Gasteiger partial charge on any atom is 0.335 e. The van der Waals surface area contributed by atoms with Crippen molar-refractivity contribution in [2.45, 2.75) is 62.8 Å². The molecule has 2 aromatic heterocycles. The Kier molecular flexibility index (Phi) is 6.44. The molecule has 2 unspecified atom stereocenters. The second-order valence-corrected chi connectivity index (χ2v) is 12.9. The van der Waals surface area contributed by atoms with Crippen LogP contribution in [0.1, 0.15) is 71.1 Å². The van der Waals surface area contributed by atoms with Gasteiger partial charge in [0.2, 0.25) is 0 Å². The van der Waals surface area contributed by atoms with Gasteiger partial charge < -0.3 is 19.5 Å². The van der Waals surface area contributed by atoms with E-state index < -0.39 is 17.4 Å². The normalized spacial score (nSPS) is 26.1. The van der Waals surface area contributed by atoms with Crippen LogP contribution in [0.15, 0.2) is 34.9 Å². The Balaban J connectivity index is 1.14. The molecule has 208 valence electrons. The molecule has 3 aliphatic carbocycles. The smallest absolute Gasteiger partial charge is 0.335 e. The lowest BCUT2D eigenvalue weighted by Gasteiger charge is -2.41. The third kappa shape index (κ3) is 4.25. The largest absolute Gasteiger partial charge is 0.478 e. The number of nitrogens with zero attached hydrogens (tertiary/aromatic N) is 2. The van der Waals surface area contributed by atoms with E-state index in [1.165, 1.54) is 17.4 Å². The van der Waals surface area contributed by atoms with Gasteiger partial charge in [-0.2, -0.15) is 0 Å². The molecule has 0 spiro atoms. The highest BCUT2D eigenvalue weighted by atomic mass is 35.5. The highest BCUT2D eigenvalue weighted by molar-refractivity contribution is 7.18. The molecule has 0 aliphatic heterocycles. The Morgan fingerprint density at radius 1 is 1.15 bits per heavy atom. The van der Waals surface area contributed by atoms with Crippen molar-refractivity contribution in [3.63, 3.8) is 0 Å². The summed E-state index contributed by atoms with van der Waals surface area (Å²) in [6.45, 7) is 0.291. The summed E-state index contributed by atoms with van der Waals surface area (Å²) in [5.74, 6) is -0.985. The topological polar surface area (TPSA) is 106 Å². The summed E-state index contributed by atoms with van der Waals surface area (Å²) in [5.41, 5.74) is 0.858. The zero-order valence-electron chi connectivity index (χ0n) is 21.2. The Hall–Kier alpha value is -2.56. The SMILES string of the molecule is O=C(O)c1cc(F)c2nc(C3(O)[C@@H]4CC[C@H]3CC(OCc3c(-c5c(Cl)cccc5Cl)noc3C3CC3)C4)sc2c1. The van der Waals surface area contributed by atoms with Gasteiger partial charge in [0.1, 0.15) is 27.6 Å². The number of rotatable bonds is 7. The van der Waals surface area contributed by atoms with E-state index in [-0.39, 0.29) is 29.0 Å². The number of aromatic nitrogens is 2. The van der Waals surface area contributed by atoms with Crippen LogP contribution in [-0.4, -0.2) is 32.4 Å². The fourth-order valence-corrected chi connectivity index (χ4v) is 8.36. The van der Waals surface area contributed by atoms with E-state index in [4.69, 9.17) is 32.5 Å². The van der Waals surface area contributed by atoms with Crippen molar-refractivity contribution < 1.29 is 28.7 Å². The summed E-state index contributed by atoms with van der Waals surface area (Å²) in [7, 11) is 0. The molecule has 0 saturated heterocycles. The van der Waals surface area contributed by atoms with Crippen LogP contribution in [-0.2, 0) is 16.9 Å². The van der Waals surface area contributed by atoms with Gasteiger partial charge in [-0.15, -0.1) is 11.3 Å². The van der Waals surface area contributed by atoms with Crippen molar-refractivity contribution in [3.05, 3.63) is 68.1 Å². The number of carboxylic acids is 1. The van der Waals surface area contributed by atoms with E-state index >= 15 is 0 Å². The Morgan fingerprint density at radius 3 is 2.50 bits per heavy atom. The zero-order valence-corrected chi connectivity index (χ0v) is 23.5. The number of halogens is 3. The number of carbonyl (C=O) groups is 1. The fraction of sp³-hybridized carbons (Fsp3) is 0.414. The van der Waals surface area contributed by atoms with Gasteiger partial charge in [0.05, 0.1) is 33.0 Å². The van der Waals surface area contributed by atoms with E-state index in [9.17, 15) is 19.4 Å². The van der Waals surface area contributed by atoms with Crippen molar-refractivity contribution in [2.24, 2.45) is 11.8 Å². The number of hydrogen-bond acceptors (Lipinski definition) is 7. The molecule has 3 aliphatic rings. The first-order valence-electron chi connectivity index (χ1n) is 13.3. The van der Waals surface area contributed by atoms with Gasteiger partial charge in [-0.05, 0) is 74.6 Å². The van der Waals surface area contributed by atoms with Crippen LogP contribution in [0.5, 0.6) is 0 Å². The van der Waals surface area contributed by atoms with E-state index in [2.05, 4.69) is 10.1 Å². The molecule has 2 N–H and O–H groups in total. The van der Waals surface area contributed by atoms with Gasteiger partial charge in [0, 0.05) is 17.0 Å². The third-order valence-corrected chi connectivity index (χ3v) is 10.4. The van der Waals surface area contributed by atoms with Crippen LogP contribution in [0.2, 0.25) is 10.0 Å². The molecule has 0 amide bonds. The number of fused-ring (bicyclic) bond motifs is 3. The van der Waals surface area contributed by atoms with Gasteiger partial charge in [-0.1, -0.05) is 34.4 Å². The first kappa shape index (κ1) is 26.3. The fourth-order valence-electron chi connectivity index (χ4n) is 6.52. The number of aliphatic hydroxyl groups is 1. The molecule has 2 aromatic carbocycles. The quantitative estimate of drug-likeness (QED) is 0.225. The lowest BCUT2D eigenvalue weighted by molar-refractivity contribution is -0.116. The number of thiazole rings is 1. The van der Waals surface area contributed by atoms with Crippen LogP contribution in [0.3, 0.4) is 0 Å². The molecule has 3 fully saturated rings. The monoisotopic (exact) mass is 602 g/mol. The van der Waals surface area contributed by atoms with Crippen molar-refractivity contribution in [3.8, 4) is 11.3 Å². The summed E-state index contributed by atoms with van der Waals surface area (Å²) in [4.78, 5) is 15.9. The predicted molar refractivity (Wildman–Crippen MR) is 148 cm³/mol. The van der Waals surface area contributed by atoms with Crippen molar-refractivity contribution in [1.82, 2.24) is 10.1 Å². The summed E-state index contributed by atoms with van der Waals surface area (Å²) in [6, 6.07) is 7.73. The van der Waals surface area contributed by atoms with Gasteiger partial charge in [-0.3, -0.25) is 0 Å². The highest BCUT2D eigenvalue weighted by Gasteiger charge is 2.56. The molecule has 4 atom stereocenters. The minimum absolute atomic E-state index is 0.0981. The Labute approximate surface area is 242 Å². The van der Waals surface area contributed by atoms with Crippen LogP contribution < -0.4 is 0 Å². The average Bonchev–Trinajstić information content (AvgIpc) is 3.49. The molecule has 3 saturated carbocycles.